The van der Waals surface area contributed by atoms with Crippen molar-refractivity contribution in [3.63, 3.8) is 0 Å². The highest BCUT2D eigenvalue weighted by atomic mass is 16.5. The minimum absolute atomic E-state index is 0.234. The minimum atomic E-state index is 0.234. The molecule has 0 N–H and O–H groups in total. The van der Waals surface area contributed by atoms with Gasteiger partial charge in [0.25, 0.3) is 0 Å². The highest BCUT2D eigenvalue weighted by Crippen LogP contribution is 2.31. The highest BCUT2D eigenvalue weighted by Gasteiger charge is 2.30. The molecule has 3 heterocycles. The van der Waals surface area contributed by atoms with Gasteiger partial charge in [-0.05, 0) is 38.0 Å². The number of ether oxygens (including phenoxy) is 1. The van der Waals surface area contributed by atoms with E-state index in [1.807, 2.05) is 0 Å². The molecule has 1 saturated heterocycles. The fourth-order valence-corrected chi connectivity index (χ4v) is 4.54. The first-order chi connectivity index (χ1) is 12.7. The molecule has 1 amide bonds. The zero-order valence-corrected chi connectivity index (χ0v) is 15.8. The topological polar surface area (TPSA) is 58.6 Å². The number of nitrogens with zero attached hydrogens (tertiary/aromatic N) is 4. The maximum Gasteiger partial charge on any atom is 0.225 e. The van der Waals surface area contributed by atoms with Gasteiger partial charge in [-0.2, -0.15) is 0 Å². The van der Waals surface area contributed by atoms with Crippen LogP contribution in [-0.2, 0) is 22.4 Å². The molecule has 6 heteroatoms. The van der Waals surface area contributed by atoms with Gasteiger partial charge < -0.3 is 14.5 Å². The van der Waals surface area contributed by atoms with Crippen LogP contribution in [0.2, 0.25) is 0 Å². The molecular weight excluding hydrogens is 328 g/mol. The van der Waals surface area contributed by atoms with Crippen molar-refractivity contribution in [2.75, 3.05) is 44.3 Å². The second-order valence-corrected chi connectivity index (χ2v) is 8.00. The number of carbonyl (C=O) groups excluding carboxylic acids is 1. The summed E-state index contributed by atoms with van der Waals surface area (Å²) in [6.45, 7) is 7.15. The van der Waals surface area contributed by atoms with Gasteiger partial charge in [0, 0.05) is 44.1 Å². The number of fused-ring (bicyclic) bond motifs is 1. The first-order valence-corrected chi connectivity index (χ1v) is 10.2. The lowest BCUT2D eigenvalue weighted by molar-refractivity contribution is -0.136. The van der Waals surface area contributed by atoms with Gasteiger partial charge in [-0.25, -0.2) is 9.97 Å². The maximum atomic E-state index is 13.0. The summed E-state index contributed by atoms with van der Waals surface area (Å²) in [5.41, 5.74) is 2.36. The average molecular weight is 358 g/mol. The zero-order chi connectivity index (χ0) is 17.9. The van der Waals surface area contributed by atoms with Crippen LogP contribution in [0.25, 0.3) is 0 Å². The molecule has 4 rings (SSSR count). The van der Waals surface area contributed by atoms with Crippen molar-refractivity contribution < 1.29 is 9.53 Å². The van der Waals surface area contributed by atoms with Crippen LogP contribution in [0, 0.1) is 11.8 Å². The quantitative estimate of drug-likeness (QED) is 0.810. The summed E-state index contributed by atoms with van der Waals surface area (Å²) in [5, 5.41) is 0. The molecule has 142 valence electrons. The number of morpholine rings is 1. The smallest absolute Gasteiger partial charge is 0.225 e. The first kappa shape index (κ1) is 17.7. The van der Waals surface area contributed by atoms with Gasteiger partial charge in [-0.1, -0.05) is 6.92 Å². The molecule has 0 unspecified atom stereocenters. The van der Waals surface area contributed by atoms with E-state index in [-0.39, 0.29) is 5.92 Å². The van der Waals surface area contributed by atoms with Gasteiger partial charge >= 0.3 is 0 Å². The Kier molecular flexibility index (Phi) is 5.38. The van der Waals surface area contributed by atoms with Gasteiger partial charge in [0.2, 0.25) is 5.91 Å². The van der Waals surface area contributed by atoms with Crippen molar-refractivity contribution in [1.82, 2.24) is 14.9 Å². The molecule has 0 spiro atoms. The predicted octanol–water partition coefficient (Wildman–Crippen LogP) is 2.07. The summed E-state index contributed by atoms with van der Waals surface area (Å²) in [6, 6.07) is 0. The van der Waals surface area contributed by atoms with Crippen molar-refractivity contribution in [3.05, 3.63) is 17.6 Å². The van der Waals surface area contributed by atoms with Crippen LogP contribution in [0.15, 0.2) is 6.33 Å². The van der Waals surface area contributed by atoms with Crippen LogP contribution >= 0.6 is 0 Å². The maximum absolute atomic E-state index is 13.0. The van der Waals surface area contributed by atoms with E-state index in [0.29, 0.717) is 5.91 Å². The van der Waals surface area contributed by atoms with E-state index in [1.165, 1.54) is 18.4 Å². The molecule has 1 aromatic rings. The van der Waals surface area contributed by atoms with Gasteiger partial charge in [-0.15, -0.1) is 0 Å². The van der Waals surface area contributed by atoms with Crippen LogP contribution < -0.4 is 4.90 Å². The Morgan fingerprint density at radius 3 is 2.54 bits per heavy atom. The molecule has 6 nitrogen and oxygen atoms in total. The van der Waals surface area contributed by atoms with E-state index >= 15 is 0 Å². The third-order valence-corrected chi connectivity index (χ3v) is 6.25. The fourth-order valence-electron chi connectivity index (χ4n) is 4.54. The number of carbonyl (C=O) groups is 1. The van der Waals surface area contributed by atoms with Crippen molar-refractivity contribution in [1.29, 1.82) is 0 Å². The zero-order valence-electron chi connectivity index (χ0n) is 15.8. The Bertz CT molecular complexity index is 637. The standard InChI is InChI=1S/C20H30N4O2/c1-15-2-4-16(5-3-15)20(25)24-8-6-17-18(7-9-24)21-14-22-19(17)23-10-12-26-13-11-23/h14-16H,2-13H2,1H3. The Balaban J connectivity index is 1.46. The first-order valence-electron chi connectivity index (χ1n) is 10.2. The predicted molar refractivity (Wildman–Crippen MR) is 100 cm³/mol. The summed E-state index contributed by atoms with van der Waals surface area (Å²) in [5.74, 6) is 2.43. The molecular formula is C20H30N4O2. The van der Waals surface area contributed by atoms with E-state index in [1.54, 1.807) is 6.33 Å². The normalized spacial score (nSPS) is 27.0. The molecule has 1 aromatic heterocycles. The van der Waals surface area contributed by atoms with Crippen LogP contribution in [0.1, 0.15) is 43.9 Å². The van der Waals surface area contributed by atoms with Crippen LogP contribution in [0.5, 0.6) is 0 Å². The van der Waals surface area contributed by atoms with E-state index in [2.05, 4.69) is 26.7 Å². The lowest BCUT2D eigenvalue weighted by Crippen LogP contribution is -2.39. The Morgan fingerprint density at radius 2 is 1.77 bits per heavy atom. The molecule has 0 aromatic carbocycles. The third kappa shape index (κ3) is 3.70. The van der Waals surface area contributed by atoms with Crippen molar-refractivity contribution in [2.45, 2.75) is 45.4 Å². The third-order valence-electron chi connectivity index (χ3n) is 6.25. The van der Waals surface area contributed by atoms with Gasteiger partial charge in [-0.3, -0.25) is 4.79 Å². The molecule has 26 heavy (non-hydrogen) atoms. The van der Waals surface area contributed by atoms with E-state index < -0.39 is 0 Å². The summed E-state index contributed by atoms with van der Waals surface area (Å²) in [6.07, 6.45) is 7.88. The number of aromatic nitrogens is 2. The minimum Gasteiger partial charge on any atom is -0.378 e. The van der Waals surface area contributed by atoms with Gasteiger partial charge in [0.1, 0.15) is 12.1 Å². The Labute approximate surface area is 155 Å². The van der Waals surface area contributed by atoms with Crippen LogP contribution in [0.3, 0.4) is 0 Å². The second-order valence-electron chi connectivity index (χ2n) is 8.00. The van der Waals surface area contributed by atoms with Crippen molar-refractivity contribution >= 4 is 11.7 Å². The van der Waals surface area contributed by atoms with Crippen LogP contribution in [0.4, 0.5) is 5.82 Å². The number of hydrogen-bond donors (Lipinski definition) is 0. The SMILES string of the molecule is CC1CCC(C(=O)N2CCc3ncnc(N4CCOCC4)c3CC2)CC1. The van der Waals surface area contributed by atoms with Gasteiger partial charge in [0.15, 0.2) is 0 Å². The molecule has 0 bridgehead atoms. The average Bonchev–Trinajstić information content (AvgIpc) is 2.91. The number of rotatable bonds is 2. The monoisotopic (exact) mass is 358 g/mol. The Morgan fingerprint density at radius 1 is 1.04 bits per heavy atom. The summed E-state index contributed by atoms with van der Waals surface area (Å²) in [7, 11) is 0. The summed E-state index contributed by atoms with van der Waals surface area (Å²) in [4.78, 5) is 26.5. The highest BCUT2D eigenvalue weighted by molar-refractivity contribution is 5.79. The largest absolute Gasteiger partial charge is 0.378 e. The Hall–Kier alpha value is -1.69. The van der Waals surface area contributed by atoms with E-state index in [0.717, 1.165) is 82.5 Å². The lowest BCUT2D eigenvalue weighted by atomic mass is 9.82. The number of anilines is 1. The van der Waals surface area contributed by atoms with Crippen molar-refractivity contribution in [3.8, 4) is 0 Å². The molecule has 0 radical (unpaired) electrons. The van der Waals surface area contributed by atoms with Crippen molar-refractivity contribution in [2.24, 2.45) is 11.8 Å². The van der Waals surface area contributed by atoms with Gasteiger partial charge in [0.05, 0.1) is 18.9 Å². The molecule has 1 aliphatic carbocycles. The second kappa shape index (κ2) is 7.91. The fraction of sp³-hybridized carbons (Fsp3) is 0.750. The summed E-state index contributed by atoms with van der Waals surface area (Å²) >= 11 is 0. The summed E-state index contributed by atoms with van der Waals surface area (Å²) < 4.78 is 5.48. The van der Waals surface area contributed by atoms with E-state index in [9.17, 15) is 4.79 Å². The molecule has 2 fully saturated rings. The molecule has 1 saturated carbocycles. The molecule has 0 atom stereocenters. The van der Waals surface area contributed by atoms with E-state index in [4.69, 9.17) is 4.74 Å². The lowest BCUT2D eigenvalue weighted by Gasteiger charge is -2.31. The molecule has 3 aliphatic rings. The van der Waals surface area contributed by atoms with Crippen LogP contribution in [-0.4, -0.2) is 60.2 Å². The number of hydrogen-bond acceptors (Lipinski definition) is 5. The molecule has 2 aliphatic heterocycles. The number of amides is 1.